The zero-order valence-corrected chi connectivity index (χ0v) is 21.5. The third-order valence-corrected chi connectivity index (χ3v) is 7.84. The number of benzene rings is 1. The minimum atomic E-state index is -0.00849. The summed E-state index contributed by atoms with van der Waals surface area (Å²) in [6, 6.07) is 14.6. The highest BCUT2D eigenvalue weighted by Crippen LogP contribution is 2.45. The first kappa shape index (κ1) is 23.2. The minimum Gasteiger partial charge on any atom is -0.495 e. The molecule has 0 unspecified atom stereocenters. The van der Waals surface area contributed by atoms with Crippen LogP contribution in [0.2, 0.25) is 5.02 Å². The van der Waals surface area contributed by atoms with E-state index in [1.807, 2.05) is 36.5 Å². The summed E-state index contributed by atoms with van der Waals surface area (Å²) in [4.78, 5) is 7.18. The molecule has 2 atom stereocenters. The van der Waals surface area contributed by atoms with Gasteiger partial charge in [0.15, 0.2) is 5.11 Å². The lowest BCUT2D eigenvalue weighted by atomic mass is 9.90. The Morgan fingerprint density at radius 3 is 2.59 bits per heavy atom. The average molecular weight is 495 g/mol. The van der Waals surface area contributed by atoms with Gasteiger partial charge < -0.3 is 19.5 Å². The van der Waals surface area contributed by atoms with Crippen molar-refractivity contribution < 1.29 is 4.74 Å². The van der Waals surface area contributed by atoms with Crippen LogP contribution in [-0.2, 0) is 0 Å². The van der Waals surface area contributed by atoms with Gasteiger partial charge in [-0.15, -0.1) is 0 Å². The third kappa shape index (κ3) is 4.07. The number of hydrogen-bond donors (Lipinski definition) is 1. The number of ether oxygens (including phenoxy) is 1. The highest BCUT2D eigenvalue weighted by molar-refractivity contribution is 7.80. The molecule has 1 aliphatic heterocycles. The van der Waals surface area contributed by atoms with E-state index in [1.165, 1.54) is 37.7 Å². The van der Waals surface area contributed by atoms with Gasteiger partial charge >= 0.3 is 0 Å². The quantitative estimate of drug-likeness (QED) is 0.412. The molecule has 34 heavy (non-hydrogen) atoms. The van der Waals surface area contributed by atoms with Crippen LogP contribution >= 0.6 is 23.8 Å². The van der Waals surface area contributed by atoms with Gasteiger partial charge in [-0.2, -0.15) is 0 Å². The van der Waals surface area contributed by atoms with Crippen LogP contribution in [0.4, 0.5) is 0 Å². The first-order chi connectivity index (χ1) is 16.5. The summed E-state index contributed by atoms with van der Waals surface area (Å²) in [5, 5.41) is 5.15. The molecule has 3 aromatic rings. The van der Waals surface area contributed by atoms with E-state index < -0.39 is 0 Å². The molecule has 2 aliphatic rings. The first-order valence-corrected chi connectivity index (χ1v) is 12.8. The number of hydrogen-bond acceptors (Lipinski definition) is 3. The predicted octanol–water partition coefficient (Wildman–Crippen LogP) is 6.46. The molecular formula is C27H31ClN4OS. The number of methoxy groups -OCH3 is 1. The second-order valence-electron chi connectivity index (χ2n) is 9.30. The molecule has 5 rings (SSSR count). The highest BCUT2D eigenvalue weighted by Gasteiger charge is 2.44. The number of aromatic nitrogens is 2. The van der Waals surface area contributed by atoms with Gasteiger partial charge in [-0.25, -0.2) is 0 Å². The SMILES string of the molecule is COc1ccc(Cl)cc1-n1c(C)cc([C@H]2[C@H](c3ccccn3)NC(=S)N2C2CCCCC2)c1C. The fourth-order valence-corrected chi connectivity index (χ4v) is 6.30. The van der Waals surface area contributed by atoms with E-state index in [9.17, 15) is 0 Å². The Kier molecular flexibility index (Phi) is 6.54. The number of halogens is 1. The minimum absolute atomic E-state index is 0.00849. The van der Waals surface area contributed by atoms with E-state index >= 15 is 0 Å². The van der Waals surface area contributed by atoms with Crippen molar-refractivity contribution in [3.8, 4) is 11.4 Å². The van der Waals surface area contributed by atoms with Gasteiger partial charge in [-0.05, 0) is 80.9 Å². The summed E-state index contributed by atoms with van der Waals surface area (Å²) in [6.07, 6.45) is 8.03. The molecular weight excluding hydrogens is 464 g/mol. The van der Waals surface area contributed by atoms with Gasteiger partial charge in [-0.1, -0.05) is 36.9 Å². The first-order valence-electron chi connectivity index (χ1n) is 12.0. The van der Waals surface area contributed by atoms with Crippen molar-refractivity contribution in [2.75, 3.05) is 7.11 Å². The summed E-state index contributed by atoms with van der Waals surface area (Å²) in [7, 11) is 1.70. The number of nitrogens with one attached hydrogen (secondary N) is 1. The highest BCUT2D eigenvalue weighted by atomic mass is 35.5. The number of nitrogens with zero attached hydrogens (tertiary/aromatic N) is 3. The van der Waals surface area contributed by atoms with E-state index in [-0.39, 0.29) is 12.1 Å². The number of thiocarbonyl (C=S) groups is 1. The molecule has 2 fully saturated rings. The molecule has 1 aromatic carbocycles. The van der Waals surface area contributed by atoms with Crippen LogP contribution in [0.1, 0.15) is 66.8 Å². The van der Waals surface area contributed by atoms with Crippen molar-refractivity contribution in [2.45, 2.75) is 64.1 Å². The number of rotatable bonds is 5. The molecule has 3 heterocycles. The Morgan fingerprint density at radius 2 is 1.88 bits per heavy atom. The van der Waals surface area contributed by atoms with Crippen molar-refractivity contribution in [1.82, 2.24) is 19.8 Å². The zero-order chi connectivity index (χ0) is 23.8. The van der Waals surface area contributed by atoms with E-state index in [4.69, 9.17) is 33.5 Å². The van der Waals surface area contributed by atoms with Crippen molar-refractivity contribution in [3.05, 3.63) is 76.3 Å². The van der Waals surface area contributed by atoms with Gasteiger partial charge in [-0.3, -0.25) is 4.98 Å². The van der Waals surface area contributed by atoms with Crippen molar-refractivity contribution in [2.24, 2.45) is 0 Å². The Labute approximate surface area is 212 Å². The maximum atomic E-state index is 6.40. The maximum absolute atomic E-state index is 6.40. The van der Waals surface area contributed by atoms with Crippen LogP contribution in [0.5, 0.6) is 5.75 Å². The van der Waals surface area contributed by atoms with Gasteiger partial charge in [0.2, 0.25) is 0 Å². The molecule has 0 spiro atoms. The summed E-state index contributed by atoms with van der Waals surface area (Å²) < 4.78 is 7.94. The number of pyridine rings is 1. The molecule has 0 amide bonds. The summed E-state index contributed by atoms with van der Waals surface area (Å²) in [5.41, 5.74) is 5.51. The average Bonchev–Trinajstić information content (AvgIpc) is 3.35. The van der Waals surface area contributed by atoms with E-state index in [0.717, 1.165) is 33.6 Å². The maximum Gasteiger partial charge on any atom is 0.170 e. The predicted molar refractivity (Wildman–Crippen MR) is 141 cm³/mol. The molecule has 2 aromatic heterocycles. The molecule has 1 N–H and O–H groups in total. The van der Waals surface area contributed by atoms with Crippen molar-refractivity contribution in [1.29, 1.82) is 0 Å². The molecule has 1 aliphatic carbocycles. The molecule has 178 valence electrons. The van der Waals surface area contributed by atoms with Gasteiger partial charge in [0.05, 0.1) is 30.6 Å². The van der Waals surface area contributed by atoms with Crippen LogP contribution in [0.25, 0.3) is 5.69 Å². The second-order valence-corrected chi connectivity index (χ2v) is 10.1. The lowest BCUT2D eigenvalue weighted by Gasteiger charge is -2.37. The summed E-state index contributed by atoms with van der Waals surface area (Å²) in [6.45, 7) is 4.32. The van der Waals surface area contributed by atoms with Crippen LogP contribution in [0.3, 0.4) is 0 Å². The molecule has 1 saturated carbocycles. The molecule has 0 bridgehead atoms. The normalized spacial score (nSPS) is 21.1. The fourth-order valence-electron chi connectivity index (χ4n) is 5.75. The second kappa shape index (κ2) is 9.59. The lowest BCUT2D eigenvalue weighted by Crippen LogP contribution is -2.40. The van der Waals surface area contributed by atoms with E-state index in [0.29, 0.717) is 11.1 Å². The summed E-state index contributed by atoms with van der Waals surface area (Å²) in [5.74, 6) is 0.795. The lowest BCUT2D eigenvalue weighted by molar-refractivity contribution is 0.197. The van der Waals surface area contributed by atoms with Crippen LogP contribution in [0, 0.1) is 13.8 Å². The van der Waals surface area contributed by atoms with Crippen molar-refractivity contribution >= 4 is 28.9 Å². The molecule has 0 radical (unpaired) electrons. The largest absolute Gasteiger partial charge is 0.495 e. The Balaban J connectivity index is 1.65. The molecule has 7 heteroatoms. The third-order valence-electron chi connectivity index (χ3n) is 7.27. The summed E-state index contributed by atoms with van der Waals surface area (Å²) >= 11 is 12.3. The Bertz CT molecular complexity index is 1190. The zero-order valence-electron chi connectivity index (χ0n) is 19.9. The number of aryl methyl sites for hydroxylation is 1. The topological polar surface area (TPSA) is 42.3 Å². The van der Waals surface area contributed by atoms with Crippen molar-refractivity contribution in [3.63, 3.8) is 0 Å². The van der Waals surface area contributed by atoms with E-state index in [2.05, 4.69) is 40.8 Å². The van der Waals surface area contributed by atoms with Gasteiger partial charge in [0.1, 0.15) is 5.75 Å². The van der Waals surface area contributed by atoms with Crippen LogP contribution in [-0.4, -0.2) is 32.7 Å². The smallest absolute Gasteiger partial charge is 0.170 e. The van der Waals surface area contributed by atoms with E-state index in [1.54, 1.807) is 7.11 Å². The van der Waals surface area contributed by atoms with Gasteiger partial charge in [0.25, 0.3) is 0 Å². The van der Waals surface area contributed by atoms with Crippen LogP contribution < -0.4 is 10.1 Å². The fraction of sp³-hybridized carbons (Fsp3) is 0.407. The molecule has 1 saturated heterocycles. The van der Waals surface area contributed by atoms with Crippen LogP contribution in [0.15, 0.2) is 48.7 Å². The monoisotopic (exact) mass is 494 g/mol. The Morgan fingerprint density at radius 1 is 1.09 bits per heavy atom. The molecule has 5 nitrogen and oxygen atoms in total. The Hall–Kier alpha value is -2.57. The standard InChI is InChI=1S/C27H31ClN4OS/c1-17-15-21(18(2)31(17)23-16-19(28)12-13-24(23)33-3)26-25(22-11-7-8-14-29-22)30-27(34)32(26)20-9-5-4-6-10-20/h7-8,11-16,20,25-26H,4-6,9-10H2,1-3H3,(H,30,34)/t25-,26-/m0/s1. The van der Waals surface area contributed by atoms with Gasteiger partial charge in [0, 0.05) is 28.6 Å².